The number of nitrogens with zero attached hydrogens (tertiary/aromatic N) is 2. The van der Waals surface area contributed by atoms with Crippen molar-refractivity contribution in [1.82, 2.24) is 0 Å². The molecule has 0 bridgehead atoms. The Labute approximate surface area is 287 Å². The summed E-state index contributed by atoms with van der Waals surface area (Å²) in [6.07, 6.45) is 0. The van der Waals surface area contributed by atoms with Crippen molar-refractivity contribution in [3.8, 4) is 0 Å². The highest BCUT2D eigenvalue weighted by Gasteiger charge is 2.13. The zero-order valence-corrected chi connectivity index (χ0v) is 28.4. The van der Waals surface area contributed by atoms with Gasteiger partial charge in [0.1, 0.15) is 0 Å². The second kappa shape index (κ2) is 17.2. The van der Waals surface area contributed by atoms with Gasteiger partial charge in [-0.05, 0) is 123 Å². The van der Waals surface area contributed by atoms with Crippen molar-refractivity contribution < 1.29 is 0 Å². The van der Waals surface area contributed by atoms with Crippen LogP contribution in [0.5, 0.6) is 0 Å². The van der Waals surface area contributed by atoms with Crippen LogP contribution in [0.1, 0.15) is 22.3 Å². The number of rotatable bonds is 6. The van der Waals surface area contributed by atoms with Gasteiger partial charge in [0, 0.05) is 34.1 Å². The molecule has 0 aromatic heterocycles. The van der Waals surface area contributed by atoms with Crippen LogP contribution in [-0.4, -0.2) is 0 Å². The predicted octanol–water partition coefficient (Wildman–Crippen LogP) is 13.2. The van der Waals surface area contributed by atoms with E-state index in [1.165, 1.54) is 56.4 Å². The lowest BCUT2D eigenvalue weighted by molar-refractivity contribution is 1.26. The predicted molar refractivity (Wildman–Crippen MR) is 208 cm³/mol. The van der Waals surface area contributed by atoms with Gasteiger partial charge in [-0.3, -0.25) is 0 Å². The fourth-order valence-electron chi connectivity index (χ4n) is 5.50. The summed E-state index contributed by atoms with van der Waals surface area (Å²) in [5.74, 6) is 0. The molecule has 2 heteroatoms. The summed E-state index contributed by atoms with van der Waals surface area (Å²) in [4.78, 5) is 4.58. The van der Waals surface area contributed by atoms with Gasteiger partial charge in [-0.2, -0.15) is 0 Å². The van der Waals surface area contributed by atoms with Crippen molar-refractivity contribution >= 4 is 34.1 Å². The highest BCUT2D eigenvalue weighted by Crippen LogP contribution is 2.36. The Morgan fingerprint density at radius 1 is 0.229 bits per heavy atom. The molecule has 48 heavy (non-hydrogen) atoms. The van der Waals surface area contributed by atoms with E-state index in [4.69, 9.17) is 0 Å². The first-order valence-corrected chi connectivity index (χ1v) is 16.4. The Morgan fingerprint density at radius 3 is 0.667 bits per heavy atom. The van der Waals surface area contributed by atoms with Gasteiger partial charge in [0.05, 0.1) is 0 Å². The molecule has 0 heterocycles. The van der Waals surface area contributed by atoms with E-state index in [0.29, 0.717) is 0 Å². The van der Waals surface area contributed by atoms with Gasteiger partial charge in [-0.1, -0.05) is 121 Å². The van der Waals surface area contributed by atoms with E-state index in [1.807, 2.05) is 48.5 Å². The van der Waals surface area contributed by atoms with Gasteiger partial charge in [0.25, 0.3) is 0 Å². The number of hydrogen-bond donors (Lipinski definition) is 0. The van der Waals surface area contributed by atoms with Crippen molar-refractivity contribution in [3.05, 3.63) is 216 Å². The molecule has 7 rings (SSSR count). The minimum Gasteiger partial charge on any atom is -0.310 e. The summed E-state index contributed by atoms with van der Waals surface area (Å²) in [5.41, 5.74) is 12.2. The van der Waals surface area contributed by atoms with Gasteiger partial charge in [-0.15, -0.1) is 0 Å². The molecule has 0 aliphatic heterocycles. The maximum absolute atomic E-state index is 2.29. The summed E-state index contributed by atoms with van der Waals surface area (Å²) < 4.78 is 0. The van der Waals surface area contributed by atoms with Crippen LogP contribution in [0.2, 0.25) is 0 Å². The SMILES string of the molecule is Cc1cccc(N(c2ccccc2)c2cccc(C)c2)c1.Cc1cccc(N(c2ccccc2)c2cccc(C)c2)c1.c1ccccc1. The monoisotopic (exact) mass is 624 g/mol. The van der Waals surface area contributed by atoms with Gasteiger partial charge >= 0.3 is 0 Å². The van der Waals surface area contributed by atoms with Crippen LogP contribution in [0.25, 0.3) is 0 Å². The first-order chi connectivity index (χ1) is 23.5. The first-order valence-electron chi connectivity index (χ1n) is 16.4. The third-order valence-corrected chi connectivity index (χ3v) is 7.73. The van der Waals surface area contributed by atoms with Crippen LogP contribution in [0, 0.1) is 27.7 Å². The third-order valence-electron chi connectivity index (χ3n) is 7.73. The minimum atomic E-state index is 1.17. The van der Waals surface area contributed by atoms with Gasteiger partial charge in [-0.25, -0.2) is 0 Å². The standard InChI is InChI=1S/2C20H19N.C6H6/c2*1-16-8-6-12-19(14-16)21(18-10-4-3-5-11-18)20-13-7-9-17(2)15-20;1-2-4-6-5-3-1/h2*3-15H,1-2H3;1-6H. The van der Waals surface area contributed by atoms with Crippen molar-refractivity contribution in [2.24, 2.45) is 0 Å². The number of hydrogen-bond acceptors (Lipinski definition) is 2. The largest absolute Gasteiger partial charge is 0.310 e. The number of benzene rings is 7. The van der Waals surface area contributed by atoms with Crippen LogP contribution >= 0.6 is 0 Å². The topological polar surface area (TPSA) is 6.48 Å². The Bertz CT molecular complexity index is 1720. The van der Waals surface area contributed by atoms with Crippen molar-refractivity contribution in [3.63, 3.8) is 0 Å². The Balaban J connectivity index is 0.000000160. The van der Waals surface area contributed by atoms with Crippen molar-refractivity contribution in [2.45, 2.75) is 27.7 Å². The van der Waals surface area contributed by atoms with Crippen LogP contribution in [0.4, 0.5) is 34.1 Å². The second-order valence-corrected chi connectivity index (χ2v) is 11.9. The molecule has 2 nitrogen and oxygen atoms in total. The fourth-order valence-corrected chi connectivity index (χ4v) is 5.50. The van der Waals surface area contributed by atoms with E-state index in [-0.39, 0.29) is 0 Å². The summed E-state index contributed by atoms with van der Waals surface area (Å²) >= 11 is 0. The van der Waals surface area contributed by atoms with Crippen LogP contribution < -0.4 is 9.80 Å². The summed E-state index contributed by atoms with van der Waals surface area (Å²) in [6, 6.07) is 67.4. The maximum Gasteiger partial charge on any atom is 0.0464 e. The molecular weight excluding hydrogens is 581 g/mol. The van der Waals surface area contributed by atoms with E-state index in [2.05, 4.69) is 183 Å². The van der Waals surface area contributed by atoms with Gasteiger partial charge in [0.2, 0.25) is 0 Å². The number of aryl methyl sites for hydroxylation is 4. The van der Waals surface area contributed by atoms with Crippen LogP contribution in [0.15, 0.2) is 194 Å². The van der Waals surface area contributed by atoms with Crippen molar-refractivity contribution in [2.75, 3.05) is 9.80 Å². The van der Waals surface area contributed by atoms with E-state index in [1.54, 1.807) is 0 Å². The lowest BCUT2D eigenvalue weighted by Crippen LogP contribution is -2.10. The molecule has 0 N–H and O–H groups in total. The smallest absolute Gasteiger partial charge is 0.0464 e. The summed E-state index contributed by atoms with van der Waals surface area (Å²) in [6.45, 7) is 8.51. The van der Waals surface area contributed by atoms with Crippen LogP contribution in [0.3, 0.4) is 0 Å². The highest BCUT2D eigenvalue weighted by molar-refractivity contribution is 5.78. The van der Waals surface area contributed by atoms with E-state index < -0.39 is 0 Å². The van der Waals surface area contributed by atoms with Gasteiger partial charge < -0.3 is 9.80 Å². The highest BCUT2D eigenvalue weighted by atomic mass is 15.1. The molecule has 0 unspecified atom stereocenters. The second-order valence-electron chi connectivity index (χ2n) is 11.9. The molecule has 0 aliphatic rings. The van der Waals surface area contributed by atoms with Crippen molar-refractivity contribution in [1.29, 1.82) is 0 Å². The fraction of sp³-hybridized carbons (Fsp3) is 0.0870. The molecule has 0 atom stereocenters. The maximum atomic E-state index is 2.29. The Hall–Kier alpha value is -5.86. The summed E-state index contributed by atoms with van der Waals surface area (Å²) in [7, 11) is 0. The lowest BCUT2D eigenvalue weighted by Gasteiger charge is -2.26. The molecule has 7 aromatic rings. The Kier molecular flexibility index (Phi) is 12.0. The number of anilines is 6. The molecule has 0 fully saturated rings. The first kappa shape index (κ1) is 33.5. The van der Waals surface area contributed by atoms with E-state index >= 15 is 0 Å². The molecule has 0 spiro atoms. The Morgan fingerprint density at radius 2 is 0.438 bits per heavy atom. The molecule has 0 radical (unpaired) electrons. The lowest BCUT2D eigenvalue weighted by atomic mass is 10.1. The van der Waals surface area contributed by atoms with Crippen LogP contribution in [-0.2, 0) is 0 Å². The zero-order valence-electron chi connectivity index (χ0n) is 28.4. The molecule has 238 valence electrons. The average Bonchev–Trinajstić information content (AvgIpc) is 3.11. The van der Waals surface area contributed by atoms with Gasteiger partial charge in [0.15, 0.2) is 0 Å². The molecule has 0 aliphatic carbocycles. The summed E-state index contributed by atoms with van der Waals surface area (Å²) in [5, 5.41) is 0. The van der Waals surface area contributed by atoms with E-state index in [9.17, 15) is 0 Å². The molecule has 0 saturated carbocycles. The molecule has 0 saturated heterocycles. The molecule has 7 aromatic carbocycles. The van der Waals surface area contributed by atoms with E-state index in [0.717, 1.165) is 0 Å². The average molecular weight is 625 g/mol. The quantitative estimate of drug-likeness (QED) is 0.182. The third kappa shape index (κ3) is 9.57. The molecular formula is C46H44N2. The minimum absolute atomic E-state index is 1.17. The molecule has 0 amide bonds. The normalized spacial score (nSPS) is 10.1. The number of para-hydroxylation sites is 2. The zero-order chi connectivity index (χ0) is 33.6.